The van der Waals surface area contributed by atoms with Gasteiger partial charge in [-0.3, -0.25) is 4.79 Å². The minimum atomic E-state index is -0.211. The van der Waals surface area contributed by atoms with Crippen LogP contribution < -0.4 is 10.3 Å². The third kappa shape index (κ3) is 2.41. The molecule has 0 spiro atoms. The van der Waals surface area contributed by atoms with Crippen LogP contribution in [0.15, 0.2) is 63.8 Å². The molecule has 0 amide bonds. The Kier molecular flexibility index (Phi) is 3.77. The van der Waals surface area contributed by atoms with Crippen LogP contribution in [0.5, 0.6) is 0 Å². The van der Waals surface area contributed by atoms with Crippen LogP contribution in [0, 0.1) is 0 Å². The van der Waals surface area contributed by atoms with Crippen molar-refractivity contribution in [2.24, 2.45) is 0 Å². The highest BCUT2D eigenvalue weighted by Crippen LogP contribution is 2.51. The van der Waals surface area contributed by atoms with Gasteiger partial charge in [-0.05, 0) is 58.7 Å². The van der Waals surface area contributed by atoms with Gasteiger partial charge in [0.15, 0.2) is 0 Å². The van der Waals surface area contributed by atoms with Crippen LogP contribution in [0.25, 0.3) is 21.9 Å². The molecule has 3 nitrogen and oxygen atoms in total. The highest BCUT2D eigenvalue weighted by Gasteiger charge is 2.42. The van der Waals surface area contributed by atoms with Crippen LogP contribution in [-0.4, -0.2) is 14.1 Å². The Bertz CT molecular complexity index is 1390. The quantitative estimate of drug-likeness (QED) is 0.371. The molecule has 0 fully saturated rings. The predicted molar refractivity (Wildman–Crippen MR) is 125 cm³/mol. The molecule has 0 saturated heterocycles. The molecule has 152 valence electrons. The van der Waals surface area contributed by atoms with Gasteiger partial charge in [0, 0.05) is 30.6 Å². The molecule has 0 saturated carbocycles. The van der Waals surface area contributed by atoms with E-state index in [9.17, 15) is 4.79 Å². The third-order valence-corrected chi connectivity index (χ3v) is 6.93. The zero-order chi connectivity index (χ0) is 21.4. The molecular weight excluding hydrogens is 370 g/mol. The summed E-state index contributed by atoms with van der Waals surface area (Å²) in [7, 11) is 4.15. The summed E-state index contributed by atoms with van der Waals surface area (Å²) in [6.45, 7) is 9.04. The van der Waals surface area contributed by atoms with Gasteiger partial charge in [-0.2, -0.15) is 0 Å². The normalized spacial score (nSPS) is 16.3. The summed E-state index contributed by atoms with van der Waals surface area (Å²) in [5.41, 5.74) is 7.18. The van der Waals surface area contributed by atoms with Crippen molar-refractivity contribution in [1.82, 2.24) is 0 Å². The lowest BCUT2D eigenvalue weighted by molar-refractivity contribution is 0.520. The molecule has 0 unspecified atom stereocenters. The van der Waals surface area contributed by atoms with Gasteiger partial charge < -0.3 is 9.32 Å². The first-order valence-corrected chi connectivity index (χ1v) is 10.5. The summed E-state index contributed by atoms with van der Waals surface area (Å²) < 4.78 is 6.20. The lowest BCUT2D eigenvalue weighted by Gasteiger charge is -2.44. The Morgan fingerprint density at radius 1 is 0.700 bits per heavy atom. The number of hydrogen-bond donors (Lipinski definition) is 0. The molecule has 0 radical (unpaired) electrons. The molecule has 1 aliphatic rings. The zero-order valence-corrected chi connectivity index (χ0v) is 18.5. The first-order chi connectivity index (χ1) is 14.1. The fourth-order valence-electron chi connectivity index (χ4n) is 5.05. The van der Waals surface area contributed by atoms with E-state index in [1.54, 1.807) is 0 Å². The summed E-state index contributed by atoms with van der Waals surface area (Å²) in [5.74, 6) is 0. The number of hydrogen-bond acceptors (Lipinski definition) is 3. The number of fused-ring (bicyclic) bond motifs is 4. The molecular formula is C27H27NO2. The Hall–Kier alpha value is -3.07. The topological polar surface area (TPSA) is 33.5 Å². The van der Waals surface area contributed by atoms with Crippen molar-refractivity contribution in [1.29, 1.82) is 0 Å². The van der Waals surface area contributed by atoms with Gasteiger partial charge in [-0.1, -0.05) is 45.9 Å². The summed E-state index contributed by atoms with van der Waals surface area (Å²) >= 11 is 0. The van der Waals surface area contributed by atoms with Gasteiger partial charge in [0.1, 0.15) is 11.2 Å². The van der Waals surface area contributed by atoms with Gasteiger partial charge in [0.05, 0.1) is 10.8 Å². The van der Waals surface area contributed by atoms with Crippen LogP contribution >= 0.6 is 0 Å². The van der Waals surface area contributed by atoms with Crippen molar-refractivity contribution in [3.05, 3.63) is 87.1 Å². The lowest BCUT2D eigenvalue weighted by atomic mass is 9.60. The number of nitrogens with zero attached hydrogens (tertiary/aromatic N) is 1. The average Bonchev–Trinajstić information content (AvgIpc) is 2.72. The minimum absolute atomic E-state index is 0.0389. The molecule has 0 bridgehead atoms. The fraction of sp³-hybridized carbons (Fsp3) is 0.296. The van der Waals surface area contributed by atoms with E-state index in [1.807, 2.05) is 24.3 Å². The number of benzene rings is 3. The highest BCUT2D eigenvalue weighted by molar-refractivity contribution is 5.91. The van der Waals surface area contributed by atoms with Crippen molar-refractivity contribution in [2.75, 3.05) is 19.0 Å². The van der Waals surface area contributed by atoms with Crippen molar-refractivity contribution in [2.45, 2.75) is 38.5 Å². The van der Waals surface area contributed by atoms with E-state index in [-0.39, 0.29) is 16.3 Å². The second kappa shape index (κ2) is 5.98. The van der Waals surface area contributed by atoms with Gasteiger partial charge in [0.2, 0.25) is 5.43 Å². The standard InChI is InChI=1S/C27H27NO2/c1-26(2)19-12-11-16(28(5)6)13-20(19)27(3,4)22-15-24-18(14-21(22)26)25(29)17-9-7-8-10-23(17)30-24/h7-15H,1-6H3. The van der Waals surface area contributed by atoms with Gasteiger partial charge in [-0.25, -0.2) is 0 Å². The van der Waals surface area contributed by atoms with E-state index in [2.05, 4.69) is 77.0 Å². The van der Waals surface area contributed by atoms with E-state index < -0.39 is 0 Å². The SMILES string of the molecule is CN(C)c1ccc2c(c1)C(C)(C)c1cc3oc4ccccc4c(=O)c3cc1C2(C)C. The summed E-state index contributed by atoms with van der Waals surface area (Å²) in [4.78, 5) is 15.4. The molecule has 0 atom stereocenters. The molecule has 3 heteroatoms. The average molecular weight is 398 g/mol. The van der Waals surface area contributed by atoms with Crippen LogP contribution in [0.4, 0.5) is 5.69 Å². The van der Waals surface area contributed by atoms with Gasteiger partial charge in [0.25, 0.3) is 0 Å². The third-order valence-electron chi connectivity index (χ3n) is 6.93. The zero-order valence-electron chi connectivity index (χ0n) is 18.5. The predicted octanol–water partition coefficient (Wildman–Crippen LogP) is 5.98. The second-order valence-electron chi connectivity index (χ2n) is 9.70. The first-order valence-electron chi connectivity index (χ1n) is 10.5. The number of anilines is 1. The second-order valence-corrected chi connectivity index (χ2v) is 9.70. The van der Waals surface area contributed by atoms with E-state index in [1.165, 1.54) is 27.9 Å². The van der Waals surface area contributed by atoms with Crippen LogP contribution in [0.3, 0.4) is 0 Å². The van der Waals surface area contributed by atoms with Crippen LogP contribution in [0.1, 0.15) is 49.9 Å². The monoisotopic (exact) mass is 397 g/mol. The van der Waals surface area contributed by atoms with Crippen molar-refractivity contribution in [3.8, 4) is 0 Å². The van der Waals surface area contributed by atoms with E-state index in [4.69, 9.17) is 4.42 Å². The molecule has 0 aliphatic heterocycles. The molecule has 5 rings (SSSR count). The van der Waals surface area contributed by atoms with Crippen molar-refractivity contribution >= 4 is 27.6 Å². The maximum atomic E-state index is 13.2. The van der Waals surface area contributed by atoms with E-state index in [0.29, 0.717) is 21.9 Å². The van der Waals surface area contributed by atoms with Crippen molar-refractivity contribution < 1.29 is 4.42 Å². The Balaban J connectivity index is 1.88. The smallest absolute Gasteiger partial charge is 0.200 e. The van der Waals surface area contributed by atoms with E-state index >= 15 is 0 Å². The Labute approximate surface area is 176 Å². The fourth-order valence-corrected chi connectivity index (χ4v) is 5.05. The van der Waals surface area contributed by atoms with Crippen LogP contribution in [0.2, 0.25) is 0 Å². The van der Waals surface area contributed by atoms with Crippen LogP contribution in [-0.2, 0) is 10.8 Å². The largest absolute Gasteiger partial charge is 0.456 e. The molecule has 0 N–H and O–H groups in total. The Morgan fingerprint density at radius 3 is 2.07 bits per heavy atom. The summed E-state index contributed by atoms with van der Waals surface area (Å²) in [5, 5.41) is 1.29. The molecule has 30 heavy (non-hydrogen) atoms. The first kappa shape index (κ1) is 18.9. The number of rotatable bonds is 1. The molecule has 1 aliphatic carbocycles. The van der Waals surface area contributed by atoms with E-state index in [0.717, 1.165) is 0 Å². The molecule has 3 aromatic carbocycles. The molecule has 1 heterocycles. The summed E-state index contributed by atoms with van der Waals surface area (Å²) in [6, 6.07) is 18.4. The highest BCUT2D eigenvalue weighted by atomic mass is 16.3. The van der Waals surface area contributed by atoms with Gasteiger partial charge >= 0.3 is 0 Å². The lowest BCUT2D eigenvalue weighted by Crippen LogP contribution is -2.37. The van der Waals surface area contributed by atoms with Gasteiger partial charge in [-0.15, -0.1) is 0 Å². The van der Waals surface area contributed by atoms with Crippen molar-refractivity contribution in [3.63, 3.8) is 0 Å². The maximum Gasteiger partial charge on any atom is 0.200 e. The summed E-state index contributed by atoms with van der Waals surface area (Å²) in [6.07, 6.45) is 0. The Morgan fingerprint density at radius 2 is 1.33 bits per heavy atom. The molecule has 1 aromatic heterocycles. The number of para-hydroxylation sites is 1. The molecule has 4 aromatic rings. The maximum absolute atomic E-state index is 13.2. The minimum Gasteiger partial charge on any atom is -0.456 e.